The molecule has 1 fully saturated rings. The fraction of sp³-hybridized carbons (Fsp3) is 0.600. The van der Waals surface area contributed by atoms with Gasteiger partial charge in [0.1, 0.15) is 5.69 Å². The van der Waals surface area contributed by atoms with E-state index in [4.69, 9.17) is 0 Å². The second-order valence-electron chi connectivity index (χ2n) is 5.83. The Morgan fingerprint density at radius 1 is 1.45 bits per heavy atom. The molecule has 110 valence electrons. The van der Waals surface area contributed by atoms with Crippen LogP contribution in [0, 0.1) is 16.0 Å². The Morgan fingerprint density at radius 2 is 2.15 bits per heavy atom. The largest absolute Gasteiger partial charge is 0.383 e. The van der Waals surface area contributed by atoms with E-state index < -0.39 is 0 Å². The molecule has 1 aliphatic carbocycles. The summed E-state index contributed by atoms with van der Waals surface area (Å²) in [5.41, 5.74) is 1.72. The summed E-state index contributed by atoms with van der Waals surface area (Å²) in [6.07, 6.45) is 2.64. The SMILES string of the molecule is CNc1ccc(CN(CC2CC2)C(C)C)cc1[N+](=O)[O-]. The minimum Gasteiger partial charge on any atom is -0.383 e. The maximum absolute atomic E-state index is 11.1. The Bertz CT molecular complexity index is 484. The summed E-state index contributed by atoms with van der Waals surface area (Å²) < 4.78 is 0. The third kappa shape index (κ3) is 3.70. The maximum Gasteiger partial charge on any atom is 0.292 e. The highest BCUT2D eigenvalue weighted by Gasteiger charge is 2.25. The molecule has 0 spiro atoms. The van der Waals surface area contributed by atoms with Gasteiger partial charge in [0.15, 0.2) is 0 Å². The number of rotatable bonds is 7. The van der Waals surface area contributed by atoms with E-state index in [0.717, 1.165) is 24.6 Å². The van der Waals surface area contributed by atoms with Gasteiger partial charge in [-0.25, -0.2) is 0 Å². The maximum atomic E-state index is 11.1. The van der Waals surface area contributed by atoms with Gasteiger partial charge >= 0.3 is 0 Å². The molecule has 1 N–H and O–H groups in total. The number of nitro benzene ring substituents is 1. The van der Waals surface area contributed by atoms with Crippen molar-refractivity contribution in [2.75, 3.05) is 18.9 Å². The van der Waals surface area contributed by atoms with Crippen LogP contribution in [0.3, 0.4) is 0 Å². The molecule has 1 saturated carbocycles. The van der Waals surface area contributed by atoms with Crippen LogP contribution in [0.2, 0.25) is 0 Å². The van der Waals surface area contributed by atoms with Crippen LogP contribution in [-0.4, -0.2) is 29.5 Å². The van der Waals surface area contributed by atoms with Crippen LogP contribution in [0.4, 0.5) is 11.4 Å². The molecule has 1 aromatic carbocycles. The number of hydrogen-bond acceptors (Lipinski definition) is 4. The zero-order valence-corrected chi connectivity index (χ0v) is 12.4. The first-order chi connectivity index (χ1) is 9.51. The van der Waals surface area contributed by atoms with Crippen molar-refractivity contribution in [2.24, 2.45) is 5.92 Å². The molecular formula is C15H23N3O2. The predicted octanol–water partition coefficient (Wildman–Crippen LogP) is 3.26. The lowest BCUT2D eigenvalue weighted by Crippen LogP contribution is -2.32. The summed E-state index contributed by atoms with van der Waals surface area (Å²) in [4.78, 5) is 13.2. The standard InChI is InChI=1S/C15H23N3O2/c1-11(2)17(9-12-4-5-12)10-13-6-7-14(16-3)15(8-13)18(19)20/h6-8,11-12,16H,4-5,9-10H2,1-3H3. The second-order valence-corrected chi connectivity index (χ2v) is 5.83. The Morgan fingerprint density at radius 3 is 2.65 bits per heavy atom. The molecule has 20 heavy (non-hydrogen) atoms. The van der Waals surface area contributed by atoms with Gasteiger partial charge < -0.3 is 5.32 Å². The third-order valence-electron chi connectivity index (χ3n) is 3.83. The Balaban J connectivity index is 2.14. The zero-order chi connectivity index (χ0) is 14.7. The highest BCUT2D eigenvalue weighted by atomic mass is 16.6. The lowest BCUT2D eigenvalue weighted by molar-refractivity contribution is -0.384. The van der Waals surface area contributed by atoms with Gasteiger partial charge in [-0.05, 0) is 44.2 Å². The summed E-state index contributed by atoms with van der Waals surface area (Å²) in [7, 11) is 1.70. The molecule has 0 heterocycles. The van der Waals surface area contributed by atoms with Gasteiger partial charge in [-0.15, -0.1) is 0 Å². The lowest BCUT2D eigenvalue weighted by Gasteiger charge is -2.26. The minimum absolute atomic E-state index is 0.153. The van der Waals surface area contributed by atoms with E-state index >= 15 is 0 Å². The first-order valence-electron chi connectivity index (χ1n) is 7.20. The quantitative estimate of drug-likeness (QED) is 0.614. The van der Waals surface area contributed by atoms with Crippen molar-refractivity contribution in [1.29, 1.82) is 0 Å². The average molecular weight is 277 g/mol. The number of benzene rings is 1. The van der Waals surface area contributed by atoms with Crippen LogP contribution < -0.4 is 5.32 Å². The molecule has 0 aromatic heterocycles. The molecule has 5 nitrogen and oxygen atoms in total. The fourth-order valence-electron chi connectivity index (χ4n) is 2.36. The molecular weight excluding hydrogens is 254 g/mol. The molecule has 0 atom stereocenters. The van der Waals surface area contributed by atoms with Crippen molar-refractivity contribution < 1.29 is 4.92 Å². The number of anilines is 1. The van der Waals surface area contributed by atoms with Crippen LogP contribution in [0.5, 0.6) is 0 Å². The third-order valence-corrected chi connectivity index (χ3v) is 3.83. The summed E-state index contributed by atoms with van der Waals surface area (Å²) in [5, 5.41) is 14.0. The van der Waals surface area contributed by atoms with E-state index in [-0.39, 0.29) is 10.6 Å². The summed E-state index contributed by atoms with van der Waals surface area (Å²) in [5.74, 6) is 0.823. The molecule has 0 radical (unpaired) electrons. The van der Waals surface area contributed by atoms with Gasteiger partial charge in [0, 0.05) is 32.2 Å². The van der Waals surface area contributed by atoms with Gasteiger partial charge in [-0.2, -0.15) is 0 Å². The number of hydrogen-bond donors (Lipinski definition) is 1. The first kappa shape index (κ1) is 14.8. The zero-order valence-electron chi connectivity index (χ0n) is 12.4. The smallest absolute Gasteiger partial charge is 0.292 e. The second kappa shape index (κ2) is 6.22. The van der Waals surface area contributed by atoms with E-state index in [0.29, 0.717) is 11.7 Å². The highest BCUT2D eigenvalue weighted by Crippen LogP contribution is 2.31. The van der Waals surface area contributed by atoms with Crippen molar-refractivity contribution in [3.05, 3.63) is 33.9 Å². The molecule has 0 aliphatic heterocycles. The summed E-state index contributed by atoms with van der Waals surface area (Å²) in [6.45, 7) is 6.23. The van der Waals surface area contributed by atoms with E-state index in [2.05, 4.69) is 24.1 Å². The van der Waals surface area contributed by atoms with Gasteiger partial charge in [0.2, 0.25) is 0 Å². The van der Waals surface area contributed by atoms with E-state index in [1.54, 1.807) is 19.2 Å². The Labute approximate surface area is 120 Å². The lowest BCUT2D eigenvalue weighted by atomic mass is 10.1. The Kier molecular flexibility index (Phi) is 4.60. The molecule has 0 unspecified atom stereocenters. The average Bonchev–Trinajstić information content (AvgIpc) is 3.21. The molecule has 0 saturated heterocycles. The van der Waals surface area contributed by atoms with E-state index in [1.807, 2.05) is 6.07 Å². The van der Waals surface area contributed by atoms with E-state index in [1.165, 1.54) is 12.8 Å². The van der Waals surface area contributed by atoms with Crippen LogP contribution >= 0.6 is 0 Å². The monoisotopic (exact) mass is 277 g/mol. The summed E-state index contributed by atoms with van der Waals surface area (Å²) >= 11 is 0. The predicted molar refractivity (Wildman–Crippen MR) is 80.9 cm³/mol. The van der Waals surface area contributed by atoms with Gasteiger partial charge in [0.25, 0.3) is 5.69 Å². The van der Waals surface area contributed by atoms with E-state index in [9.17, 15) is 10.1 Å². The number of nitrogens with one attached hydrogen (secondary N) is 1. The molecule has 5 heteroatoms. The van der Waals surface area contributed by atoms with Crippen LogP contribution in [0.1, 0.15) is 32.3 Å². The highest BCUT2D eigenvalue weighted by molar-refractivity contribution is 5.62. The molecule has 1 aliphatic rings. The Hall–Kier alpha value is -1.62. The van der Waals surface area contributed by atoms with Crippen LogP contribution in [0.25, 0.3) is 0 Å². The minimum atomic E-state index is -0.323. The fourth-order valence-corrected chi connectivity index (χ4v) is 2.36. The molecule has 0 amide bonds. The van der Waals surface area contributed by atoms with Gasteiger partial charge in [-0.1, -0.05) is 6.07 Å². The molecule has 2 rings (SSSR count). The van der Waals surface area contributed by atoms with Crippen molar-refractivity contribution in [1.82, 2.24) is 4.90 Å². The van der Waals surface area contributed by atoms with Crippen LogP contribution in [0.15, 0.2) is 18.2 Å². The molecule has 0 bridgehead atoms. The van der Waals surface area contributed by atoms with Gasteiger partial charge in [-0.3, -0.25) is 15.0 Å². The normalized spacial score (nSPS) is 14.8. The molecule has 1 aromatic rings. The summed E-state index contributed by atoms with van der Waals surface area (Å²) in [6, 6.07) is 5.91. The van der Waals surface area contributed by atoms with Crippen molar-refractivity contribution in [3.8, 4) is 0 Å². The number of nitro groups is 1. The first-order valence-corrected chi connectivity index (χ1v) is 7.20. The van der Waals surface area contributed by atoms with Crippen molar-refractivity contribution >= 4 is 11.4 Å². The van der Waals surface area contributed by atoms with Crippen molar-refractivity contribution in [3.63, 3.8) is 0 Å². The van der Waals surface area contributed by atoms with Gasteiger partial charge in [0.05, 0.1) is 4.92 Å². The van der Waals surface area contributed by atoms with Crippen molar-refractivity contribution in [2.45, 2.75) is 39.3 Å². The number of nitrogens with zero attached hydrogens (tertiary/aromatic N) is 2. The van der Waals surface area contributed by atoms with Crippen LogP contribution in [-0.2, 0) is 6.54 Å². The topological polar surface area (TPSA) is 58.4 Å².